The van der Waals surface area contributed by atoms with Crippen LogP contribution in [0.2, 0.25) is 0 Å². The van der Waals surface area contributed by atoms with Crippen molar-refractivity contribution in [1.82, 2.24) is 4.90 Å². The second-order valence-electron chi connectivity index (χ2n) is 11.4. The SMILES string of the molecule is CC(C)(C)OC(=O)N1CC[C@H]2O[C@H]3c4cc(O)ccc4OC(C)(Cc4ccc(F)cc4)[C@@H]3C[C@@H]2C1. The first-order valence-electron chi connectivity index (χ1n) is 12.4. The minimum Gasteiger partial charge on any atom is -0.508 e. The molecule has 5 atom stereocenters. The molecule has 3 aliphatic heterocycles. The van der Waals surface area contributed by atoms with E-state index >= 15 is 0 Å². The highest BCUT2D eigenvalue weighted by molar-refractivity contribution is 5.68. The Morgan fingerprint density at radius 2 is 1.97 bits per heavy atom. The monoisotopic (exact) mass is 483 g/mol. The number of carbonyl (C=O) groups is 1. The van der Waals surface area contributed by atoms with Crippen LogP contribution in [0, 0.1) is 17.7 Å². The van der Waals surface area contributed by atoms with E-state index in [0.29, 0.717) is 25.3 Å². The third kappa shape index (κ3) is 4.83. The van der Waals surface area contributed by atoms with Crippen LogP contribution in [0.4, 0.5) is 9.18 Å². The molecule has 1 N–H and O–H groups in total. The zero-order valence-electron chi connectivity index (χ0n) is 20.8. The molecule has 6 nitrogen and oxygen atoms in total. The Morgan fingerprint density at radius 3 is 2.69 bits per heavy atom. The summed E-state index contributed by atoms with van der Waals surface area (Å²) in [6.45, 7) is 8.87. The number of halogens is 1. The molecule has 2 aromatic rings. The van der Waals surface area contributed by atoms with Gasteiger partial charge in [-0.2, -0.15) is 0 Å². The van der Waals surface area contributed by atoms with Gasteiger partial charge in [0, 0.05) is 36.9 Å². The number of ether oxygens (including phenoxy) is 3. The first-order chi connectivity index (χ1) is 16.5. The van der Waals surface area contributed by atoms with Crippen molar-refractivity contribution in [2.24, 2.45) is 11.8 Å². The van der Waals surface area contributed by atoms with Gasteiger partial charge in [-0.3, -0.25) is 0 Å². The van der Waals surface area contributed by atoms with Gasteiger partial charge in [0.15, 0.2) is 0 Å². The number of benzene rings is 2. The number of likely N-dealkylation sites (tertiary alicyclic amines) is 1. The molecule has 2 aromatic carbocycles. The van der Waals surface area contributed by atoms with Crippen LogP contribution < -0.4 is 4.74 Å². The van der Waals surface area contributed by atoms with Gasteiger partial charge in [-0.1, -0.05) is 12.1 Å². The molecule has 188 valence electrons. The van der Waals surface area contributed by atoms with Crippen molar-refractivity contribution >= 4 is 6.09 Å². The number of amides is 1. The van der Waals surface area contributed by atoms with Crippen molar-refractivity contribution in [3.8, 4) is 11.5 Å². The van der Waals surface area contributed by atoms with Gasteiger partial charge < -0.3 is 24.2 Å². The van der Waals surface area contributed by atoms with Crippen molar-refractivity contribution in [1.29, 1.82) is 0 Å². The summed E-state index contributed by atoms with van der Waals surface area (Å²) in [5.41, 5.74) is 0.695. The lowest BCUT2D eigenvalue weighted by Gasteiger charge is -2.54. The molecule has 3 heterocycles. The predicted molar refractivity (Wildman–Crippen MR) is 129 cm³/mol. The number of fused-ring (bicyclic) bond motifs is 4. The molecule has 0 spiro atoms. The maximum atomic E-state index is 13.5. The molecule has 2 saturated heterocycles. The van der Waals surface area contributed by atoms with Crippen molar-refractivity contribution in [3.63, 3.8) is 0 Å². The van der Waals surface area contributed by atoms with Crippen LogP contribution in [-0.4, -0.2) is 46.5 Å². The highest BCUT2D eigenvalue weighted by Gasteiger charge is 2.53. The smallest absolute Gasteiger partial charge is 0.410 e. The molecule has 35 heavy (non-hydrogen) atoms. The Bertz CT molecular complexity index is 1100. The normalized spacial score (nSPS) is 29.9. The third-order valence-electron chi connectivity index (χ3n) is 7.46. The fourth-order valence-corrected chi connectivity index (χ4v) is 5.85. The van der Waals surface area contributed by atoms with E-state index in [0.717, 1.165) is 24.0 Å². The Balaban J connectivity index is 1.43. The van der Waals surface area contributed by atoms with Crippen molar-refractivity contribution in [2.75, 3.05) is 13.1 Å². The quantitative estimate of drug-likeness (QED) is 0.600. The standard InChI is InChI=1S/C28H34FNO5/c1-27(2,3)35-26(32)30-12-11-23-18(16-30)13-22-25(33-23)21-14-20(31)9-10-24(21)34-28(22,4)15-17-5-7-19(29)8-6-17/h5-10,14,18,22-23,25,31H,11-13,15-16H2,1-4H3/t18-,22-,23-,25+,28?/m1/s1. The summed E-state index contributed by atoms with van der Waals surface area (Å²) in [5.74, 6) is 0.752. The molecule has 3 aliphatic rings. The van der Waals surface area contributed by atoms with E-state index in [4.69, 9.17) is 14.2 Å². The van der Waals surface area contributed by atoms with Gasteiger partial charge in [0.2, 0.25) is 0 Å². The fraction of sp³-hybridized carbons (Fsp3) is 0.536. The molecule has 5 rings (SSSR count). The Hall–Kier alpha value is -2.80. The maximum absolute atomic E-state index is 13.5. The number of piperidine rings is 1. The van der Waals surface area contributed by atoms with Gasteiger partial charge in [0.05, 0.1) is 12.2 Å². The van der Waals surface area contributed by atoms with E-state index in [1.807, 2.05) is 20.8 Å². The lowest BCUT2D eigenvalue weighted by Crippen LogP contribution is -2.57. The van der Waals surface area contributed by atoms with E-state index in [9.17, 15) is 14.3 Å². The highest BCUT2D eigenvalue weighted by Crippen LogP contribution is 2.54. The van der Waals surface area contributed by atoms with Gasteiger partial charge in [-0.05, 0) is 76.4 Å². The van der Waals surface area contributed by atoms with E-state index in [-0.39, 0.29) is 41.7 Å². The van der Waals surface area contributed by atoms with Crippen LogP contribution in [0.5, 0.6) is 11.5 Å². The minimum atomic E-state index is -0.606. The first kappa shape index (κ1) is 23.9. The van der Waals surface area contributed by atoms with Gasteiger partial charge in [-0.25, -0.2) is 9.18 Å². The van der Waals surface area contributed by atoms with E-state index in [1.54, 1.807) is 35.2 Å². The molecular weight excluding hydrogens is 449 g/mol. The summed E-state index contributed by atoms with van der Waals surface area (Å²) in [6.07, 6.45) is 1.62. The molecule has 0 aliphatic carbocycles. The molecule has 1 unspecified atom stereocenters. The fourth-order valence-electron chi connectivity index (χ4n) is 5.85. The number of hydrogen-bond acceptors (Lipinski definition) is 5. The lowest BCUT2D eigenvalue weighted by atomic mass is 9.68. The number of carbonyl (C=O) groups excluding carboxylic acids is 1. The molecule has 2 fully saturated rings. The van der Waals surface area contributed by atoms with Gasteiger partial charge in [0.25, 0.3) is 0 Å². The number of nitrogens with zero attached hydrogens (tertiary/aromatic N) is 1. The second-order valence-corrected chi connectivity index (χ2v) is 11.4. The van der Waals surface area contributed by atoms with Crippen LogP contribution in [0.15, 0.2) is 42.5 Å². The first-order valence-corrected chi connectivity index (χ1v) is 12.4. The van der Waals surface area contributed by atoms with Crippen LogP contribution in [-0.2, 0) is 15.9 Å². The average molecular weight is 484 g/mol. The van der Waals surface area contributed by atoms with Gasteiger partial charge in [0.1, 0.15) is 28.5 Å². The lowest BCUT2D eigenvalue weighted by molar-refractivity contribution is -0.189. The largest absolute Gasteiger partial charge is 0.508 e. The summed E-state index contributed by atoms with van der Waals surface area (Å²) in [6, 6.07) is 11.7. The van der Waals surface area contributed by atoms with Crippen LogP contribution >= 0.6 is 0 Å². The van der Waals surface area contributed by atoms with Crippen molar-refractivity contribution in [2.45, 2.75) is 70.4 Å². The number of phenols is 1. The molecule has 0 radical (unpaired) electrons. The molecular formula is C28H34FNO5. The number of hydrogen-bond donors (Lipinski definition) is 1. The average Bonchev–Trinajstić information content (AvgIpc) is 2.79. The predicted octanol–water partition coefficient (Wildman–Crippen LogP) is 5.63. The zero-order valence-corrected chi connectivity index (χ0v) is 20.8. The zero-order chi connectivity index (χ0) is 25.0. The van der Waals surface area contributed by atoms with Gasteiger partial charge in [-0.15, -0.1) is 0 Å². The highest BCUT2D eigenvalue weighted by atomic mass is 19.1. The molecule has 1 amide bonds. The maximum Gasteiger partial charge on any atom is 0.410 e. The molecule has 0 bridgehead atoms. The van der Waals surface area contributed by atoms with Crippen LogP contribution in [0.25, 0.3) is 0 Å². The Labute approximate surface area is 206 Å². The summed E-state index contributed by atoms with van der Waals surface area (Å²) in [7, 11) is 0. The van der Waals surface area contributed by atoms with Crippen molar-refractivity contribution in [3.05, 3.63) is 59.4 Å². The Kier molecular flexibility index (Phi) is 5.94. The number of aromatic hydroxyl groups is 1. The van der Waals surface area contributed by atoms with Crippen LogP contribution in [0.3, 0.4) is 0 Å². The summed E-state index contributed by atoms with van der Waals surface area (Å²) in [4.78, 5) is 14.5. The number of phenolic OH excluding ortho intramolecular Hbond substituents is 1. The summed E-state index contributed by atoms with van der Waals surface area (Å²) >= 11 is 0. The molecule has 0 aromatic heterocycles. The minimum absolute atomic E-state index is 0.0123. The second kappa shape index (κ2) is 8.70. The van der Waals surface area contributed by atoms with Crippen molar-refractivity contribution < 1.29 is 28.5 Å². The molecule has 0 saturated carbocycles. The molecule has 7 heteroatoms. The van der Waals surface area contributed by atoms with E-state index < -0.39 is 11.2 Å². The topological polar surface area (TPSA) is 68.2 Å². The summed E-state index contributed by atoms with van der Waals surface area (Å²) < 4.78 is 32.5. The summed E-state index contributed by atoms with van der Waals surface area (Å²) in [5, 5.41) is 10.2. The van der Waals surface area contributed by atoms with Gasteiger partial charge >= 0.3 is 6.09 Å². The third-order valence-corrected chi connectivity index (χ3v) is 7.46. The van der Waals surface area contributed by atoms with E-state index in [2.05, 4.69) is 6.92 Å². The van der Waals surface area contributed by atoms with E-state index in [1.165, 1.54) is 12.1 Å². The number of rotatable bonds is 2. The Morgan fingerprint density at radius 1 is 1.23 bits per heavy atom. The van der Waals surface area contributed by atoms with Crippen LogP contribution in [0.1, 0.15) is 57.8 Å².